The van der Waals surface area contributed by atoms with Crippen LogP contribution >= 0.6 is 35.0 Å². The third-order valence-electron chi connectivity index (χ3n) is 4.55. The molecule has 3 aromatic carbocycles. The van der Waals surface area contributed by atoms with E-state index in [9.17, 15) is 4.55 Å². The van der Waals surface area contributed by atoms with Gasteiger partial charge in [-0.15, -0.1) is 0 Å². The van der Waals surface area contributed by atoms with Gasteiger partial charge in [-0.3, -0.25) is 0 Å². The topological polar surface area (TPSA) is 40.9 Å². The molecule has 0 saturated heterocycles. The second-order valence-electron chi connectivity index (χ2n) is 6.61. The molecule has 3 nitrogen and oxygen atoms in total. The number of halogens is 2. The van der Waals surface area contributed by atoms with Crippen molar-refractivity contribution in [1.82, 2.24) is 9.55 Å². The van der Waals surface area contributed by atoms with E-state index >= 15 is 0 Å². The molecule has 0 aliphatic carbocycles. The van der Waals surface area contributed by atoms with Crippen LogP contribution < -0.4 is 0 Å². The zero-order valence-electron chi connectivity index (χ0n) is 15.8. The fourth-order valence-corrected chi connectivity index (χ4v) is 5.70. The van der Waals surface area contributed by atoms with Gasteiger partial charge in [0.05, 0.1) is 22.9 Å². The minimum Gasteiger partial charge on any atom is -0.611 e. The van der Waals surface area contributed by atoms with E-state index in [1.165, 1.54) is 4.90 Å². The normalized spacial score (nSPS) is 13.2. The maximum absolute atomic E-state index is 13.5. The summed E-state index contributed by atoms with van der Waals surface area (Å²) >= 11 is 12.6. The predicted molar refractivity (Wildman–Crippen MR) is 125 cm³/mol. The van der Waals surface area contributed by atoms with Crippen LogP contribution in [0.3, 0.4) is 0 Å². The molecule has 152 valence electrons. The third-order valence-corrected chi connectivity index (χ3v) is 7.96. The average Bonchev–Trinajstić information content (AvgIpc) is 3.28. The van der Waals surface area contributed by atoms with E-state index in [2.05, 4.69) is 29.2 Å². The molecule has 0 spiro atoms. The van der Waals surface area contributed by atoms with Gasteiger partial charge in [0, 0.05) is 33.8 Å². The molecular formula is C23H18Cl2N2OS2. The summed E-state index contributed by atoms with van der Waals surface area (Å²) in [5.41, 5.74) is 0.991. The quantitative estimate of drug-likeness (QED) is 0.275. The van der Waals surface area contributed by atoms with Crippen LogP contribution in [-0.4, -0.2) is 14.1 Å². The van der Waals surface area contributed by atoms with Crippen molar-refractivity contribution in [2.24, 2.45) is 0 Å². The van der Waals surface area contributed by atoms with Crippen molar-refractivity contribution in [2.75, 3.05) is 0 Å². The Labute approximate surface area is 193 Å². The minimum atomic E-state index is -1.32. The lowest BCUT2D eigenvalue weighted by molar-refractivity contribution is 0.561. The number of nitrogens with zero attached hydrogens (tertiary/aromatic N) is 2. The van der Waals surface area contributed by atoms with Gasteiger partial charge in [-0.2, -0.15) is 0 Å². The Kier molecular flexibility index (Phi) is 7.08. The van der Waals surface area contributed by atoms with E-state index in [0.717, 1.165) is 10.5 Å². The van der Waals surface area contributed by atoms with Crippen molar-refractivity contribution in [3.8, 4) is 0 Å². The fourth-order valence-electron chi connectivity index (χ4n) is 3.02. The molecule has 30 heavy (non-hydrogen) atoms. The summed E-state index contributed by atoms with van der Waals surface area (Å²) in [5.74, 6) is 0. The van der Waals surface area contributed by atoms with Gasteiger partial charge in [-0.05, 0) is 47.6 Å². The zero-order valence-corrected chi connectivity index (χ0v) is 19.0. The second kappa shape index (κ2) is 9.94. The van der Waals surface area contributed by atoms with E-state index in [1.807, 2.05) is 41.1 Å². The van der Waals surface area contributed by atoms with Gasteiger partial charge in [0.2, 0.25) is 0 Å². The van der Waals surface area contributed by atoms with Gasteiger partial charge in [0.25, 0.3) is 0 Å². The Morgan fingerprint density at radius 3 is 2.33 bits per heavy atom. The molecule has 0 aliphatic heterocycles. The Morgan fingerprint density at radius 1 is 0.933 bits per heavy atom. The van der Waals surface area contributed by atoms with Gasteiger partial charge in [0.15, 0.2) is 10.1 Å². The fraction of sp³-hybridized carbons (Fsp3) is 0.0870. The largest absolute Gasteiger partial charge is 0.611 e. The van der Waals surface area contributed by atoms with Crippen LogP contribution in [0.25, 0.3) is 0 Å². The second-order valence-corrected chi connectivity index (χ2v) is 10.2. The number of hydrogen-bond acceptors (Lipinski definition) is 3. The van der Waals surface area contributed by atoms with Crippen LogP contribution in [-0.2, 0) is 17.7 Å². The van der Waals surface area contributed by atoms with Crippen molar-refractivity contribution < 1.29 is 4.55 Å². The predicted octanol–water partition coefficient (Wildman–Crippen LogP) is 6.89. The summed E-state index contributed by atoms with van der Waals surface area (Å²) in [7, 11) is 0. The van der Waals surface area contributed by atoms with Crippen LogP contribution in [0.1, 0.15) is 10.8 Å². The number of aromatic nitrogens is 2. The molecule has 0 radical (unpaired) electrons. The van der Waals surface area contributed by atoms with E-state index in [0.29, 0.717) is 21.5 Å². The highest BCUT2D eigenvalue weighted by Crippen LogP contribution is 2.35. The number of hydrogen-bond donors (Lipinski definition) is 0. The lowest BCUT2D eigenvalue weighted by atomic mass is 10.1. The standard InChI is InChI=1S/C23H18Cl2N2OS2/c24-21-11-10-20(14-22(21)25)30(28)23(15-27-13-12-26-16-27)17-6-8-19(9-7-17)29-18-4-2-1-3-5-18/h1-14,16,23H,15H2. The molecule has 4 aromatic rings. The molecule has 1 heterocycles. The molecule has 4 rings (SSSR count). The van der Waals surface area contributed by atoms with Gasteiger partial charge in [0.1, 0.15) is 0 Å². The van der Waals surface area contributed by atoms with Gasteiger partial charge in [-0.25, -0.2) is 4.98 Å². The highest BCUT2D eigenvalue weighted by Gasteiger charge is 2.28. The zero-order chi connectivity index (χ0) is 20.9. The highest BCUT2D eigenvalue weighted by molar-refractivity contribution is 7.99. The van der Waals surface area contributed by atoms with Crippen molar-refractivity contribution in [3.05, 3.63) is 107 Å². The van der Waals surface area contributed by atoms with Crippen LogP contribution in [0.5, 0.6) is 0 Å². The number of imidazole rings is 1. The van der Waals surface area contributed by atoms with Crippen LogP contribution in [0.2, 0.25) is 10.0 Å². The summed E-state index contributed by atoms with van der Waals surface area (Å²) in [5, 5.41) is 0.594. The van der Waals surface area contributed by atoms with Crippen molar-refractivity contribution in [2.45, 2.75) is 26.5 Å². The van der Waals surface area contributed by atoms with Crippen molar-refractivity contribution in [1.29, 1.82) is 0 Å². The monoisotopic (exact) mass is 472 g/mol. The SMILES string of the molecule is [O-][S+](c1ccc(Cl)c(Cl)c1)C(Cn1ccnc1)c1ccc(Sc2ccccc2)cc1. The summed E-state index contributed by atoms with van der Waals surface area (Å²) in [4.78, 5) is 7.07. The molecular weight excluding hydrogens is 455 g/mol. The molecule has 0 fully saturated rings. The van der Waals surface area contributed by atoms with E-state index in [1.54, 1.807) is 42.5 Å². The molecule has 2 unspecified atom stereocenters. The summed E-state index contributed by atoms with van der Waals surface area (Å²) < 4.78 is 15.4. The molecule has 0 saturated carbocycles. The molecule has 0 N–H and O–H groups in total. The maximum Gasteiger partial charge on any atom is 0.163 e. The average molecular weight is 473 g/mol. The Morgan fingerprint density at radius 2 is 1.67 bits per heavy atom. The van der Waals surface area contributed by atoms with Gasteiger partial charge >= 0.3 is 0 Å². The first-order chi connectivity index (χ1) is 14.6. The smallest absolute Gasteiger partial charge is 0.163 e. The van der Waals surface area contributed by atoms with Crippen LogP contribution in [0.4, 0.5) is 0 Å². The van der Waals surface area contributed by atoms with Gasteiger partial charge < -0.3 is 9.12 Å². The maximum atomic E-state index is 13.5. The summed E-state index contributed by atoms with van der Waals surface area (Å²) in [6, 6.07) is 23.6. The summed E-state index contributed by atoms with van der Waals surface area (Å²) in [6.45, 7) is 0.540. The van der Waals surface area contributed by atoms with E-state index in [-0.39, 0.29) is 5.25 Å². The number of rotatable bonds is 7. The Hall–Kier alpha value is -1.89. The van der Waals surface area contributed by atoms with Crippen molar-refractivity contribution in [3.63, 3.8) is 0 Å². The first kappa shape index (κ1) is 21.3. The first-order valence-electron chi connectivity index (χ1n) is 9.24. The molecule has 1 aromatic heterocycles. The summed E-state index contributed by atoms with van der Waals surface area (Å²) in [6.07, 6.45) is 5.33. The van der Waals surface area contributed by atoms with Crippen LogP contribution in [0, 0.1) is 0 Å². The minimum absolute atomic E-state index is 0.257. The Balaban J connectivity index is 1.61. The van der Waals surface area contributed by atoms with E-state index < -0.39 is 11.2 Å². The highest BCUT2D eigenvalue weighted by atomic mass is 35.5. The van der Waals surface area contributed by atoms with Gasteiger partial charge in [-0.1, -0.05) is 65.3 Å². The molecule has 0 aliphatic rings. The lowest BCUT2D eigenvalue weighted by Gasteiger charge is -2.22. The third kappa shape index (κ3) is 5.23. The Bertz CT molecular complexity index is 1090. The number of benzene rings is 3. The molecule has 0 bridgehead atoms. The molecule has 0 amide bonds. The van der Waals surface area contributed by atoms with Crippen LogP contribution in [0.15, 0.2) is 106 Å². The first-order valence-corrected chi connectivity index (χ1v) is 12.0. The molecule has 2 atom stereocenters. The lowest BCUT2D eigenvalue weighted by Crippen LogP contribution is -2.19. The molecule has 7 heteroatoms. The van der Waals surface area contributed by atoms with Crippen molar-refractivity contribution >= 4 is 46.1 Å². The van der Waals surface area contributed by atoms with E-state index in [4.69, 9.17) is 23.2 Å².